The third-order valence-corrected chi connectivity index (χ3v) is 4.45. The van der Waals surface area contributed by atoms with Crippen molar-refractivity contribution in [3.8, 4) is 0 Å². The standard InChI is InChI=1S/C13H14Cl2N2S/c1-8-2-5-13(18-8)12(17-16)6-9-3-4-10(14)7-11(9)15/h2-5,7,12,17H,6,16H2,1H3. The first kappa shape index (κ1) is 13.8. The normalized spacial score (nSPS) is 12.7. The summed E-state index contributed by atoms with van der Waals surface area (Å²) in [5, 5.41) is 1.32. The molecule has 5 heteroatoms. The number of aryl methyl sites for hydroxylation is 1. The third-order valence-electron chi connectivity index (χ3n) is 2.74. The molecule has 0 saturated carbocycles. The Balaban J connectivity index is 2.20. The molecule has 1 heterocycles. The van der Waals surface area contributed by atoms with Gasteiger partial charge < -0.3 is 0 Å². The number of hydrazine groups is 1. The number of hydrogen-bond donors (Lipinski definition) is 2. The molecule has 0 spiro atoms. The molecule has 0 fully saturated rings. The van der Waals surface area contributed by atoms with Crippen LogP contribution in [-0.4, -0.2) is 0 Å². The Bertz CT molecular complexity index is 540. The highest BCUT2D eigenvalue weighted by atomic mass is 35.5. The summed E-state index contributed by atoms with van der Waals surface area (Å²) >= 11 is 13.8. The lowest BCUT2D eigenvalue weighted by molar-refractivity contribution is 0.561. The molecule has 0 bridgehead atoms. The first-order valence-electron chi connectivity index (χ1n) is 5.56. The van der Waals surface area contributed by atoms with E-state index in [2.05, 4.69) is 24.5 Å². The average molecular weight is 301 g/mol. The van der Waals surface area contributed by atoms with E-state index in [-0.39, 0.29) is 6.04 Å². The highest BCUT2D eigenvalue weighted by molar-refractivity contribution is 7.12. The van der Waals surface area contributed by atoms with Crippen LogP contribution in [-0.2, 0) is 6.42 Å². The maximum Gasteiger partial charge on any atom is 0.0594 e. The maximum absolute atomic E-state index is 6.17. The maximum atomic E-state index is 6.17. The molecule has 0 aliphatic rings. The van der Waals surface area contributed by atoms with Gasteiger partial charge in [0.1, 0.15) is 0 Å². The molecule has 0 amide bonds. The van der Waals surface area contributed by atoms with E-state index < -0.39 is 0 Å². The second kappa shape index (κ2) is 6.04. The van der Waals surface area contributed by atoms with Gasteiger partial charge in [0.05, 0.1) is 6.04 Å². The molecule has 1 unspecified atom stereocenters. The summed E-state index contributed by atoms with van der Waals surface area (Å²) in [6, 6.07) is 9.79. The van der Waals surface area contributed by atoms with E-state index in [1.807, 2.05) is 12.1 Å². The number of rotatable bonds is 4. The molecular formula is C13H14Cl2N2S. The smallest absolute Gasteiger partial charge is 0.0594 e. The van der Waals surface area contributed by atoms with Crippen LogP contribution < -0.4 is 11.3 Å². The van der Waals surface area contributed by atoms with Crippen molar-refractivity contribution in [3.05, 3.63) is 55.7 Å². The van der Waals surface area contributed by atoms with Crippen LogP contribution in [0.15, 0.2) is 30.3 Å². The van der Waals surface area contributed by atoms with E-state index in [1.165, 1.54) is 9.75 Å². The summed E-state index contributed by atoms with van der Waals surface area (Å²) in [5.74, 6) is 5.63. The number of thiophene rings is 1. The highest BCUT2D eigenvalue weighted by Crippen LogP contribution is 2.29. The zero-order valence-electron chi connectivity index (χ0n) is 9.91. The number of nitrogens with one attached hydrogen (secondary N) is 1. The number of nitrogens with two attached hydrogens (primary N) is 1. The van der Waals surface area contributed by atoms with Gasteiger partial charge in [-0.2, -0.15) is 0 Å². The van der Waals surface area contributed by atoms with Crippen molar-refractivity contribution in [1.82, 2.24) is 5.43 Å². The van der Waals surface area contributed by atoms with E-state index in [9.17, 15) is 0 Å². The van der Waals surface area contributed by atoms with Gasteiger partial charge in [0.2, 0.25) is 0 Å². The third kappa shape index (κ3) is 3.25. The summed E-state index contributed by atoms with van der Waals surface area (Å²) in [6.45, 7) is 2.08. The molecule has 0 aliphatic carbocycles. The molecule has 1 aromatic heterocycles. The van der Waals surface area contributed by atoms with Crippen molar-refractivity contribution in [2.24, 2.45) is 5.84 Å². The van der Waals surface area contributed by atoms with Crippen LogP contribution in [0, 0.1) is 6.92 Å². The lowest BCUT2D eigenvalue weighted by Crippen LogP contribution is -2.29. The van der Waals surface area contributed by atoms with E-state index in [1.54, 1.807) is 17.4 Å². The van der Waals surface area contributed by atoms with Gasteiger partial charge in [0, 0.05) is 19.8 Å². The van der Waals surface area contributed by atoms with Gasteiger partial charge in [-0.1, -0.05) is 29.3 Å². The summed E-state index contributed by atoms with van der Waals surface area (Å²) in [4.78, 5) is 2.48. The molecule has 0 radical (unpaired) electrons. The van der Waals surface area contributed by atoms with E-state index in [4.69, 9.17) is 29.0 Å². The lowest BCUT2D eigenvalue weighted by atomic mass is 10.1. The van der Waals surface area contributed by atoms with Crippen LogP contribution in [0.25, 0.3) is 0 Å². The van der Waals surface area contributed by atoms with Crippen LogP contribution >= 0.6 is 34.5 Å². The fourth-order valence-electron chi connectivity index (χ4n) is 1.79. The molecule has 2 aromatic rings. The molecule has 0 aliphatic heterocycles. The van der Waals surface area contributed by atoms with Crippen LogP contribution in [0.4, 0.5) is 0 Å². The number of halogens is 2. The number of hydrogen-bond acceptors (Lipinski definition) is 3. The minimum absolute atomic E-state index is 0.0716. The SMILES string of the molecule is Cc1ccc(C(Cc2ccc(Cl)cc2Cl)NN)s1. The highest BCUT2D eigenvalue weighted by Gasteiger charge is 2.14. The van der Waals surface area contributed by atoms with Gasteiger partial charge in [-0.3, -0.25) is 11.3 Å². The molecule has 18 heavy (non-hydrogen) atoms. The van der Waals surface area contributed by atoms with Crippen molar-refractivity contribution in [3.63, 3.8) is 0 Å². The van der Waals surface area contributed by atoms with Crippen LogP contribution in [0.5, 0.6) is 0 Å². The van der Waals surface area contributed by atoms with Gasteiger partial charge in [-0.15, -0.1) is 11.3 Å². The van der Waals surface area contributed by atoms with E-state index in [0.717, 1.165) is 12.0 Å². The predicted octanol–water partition coefficient (Wildman–Crippen LogP) is 4.11. The topological polar surface area (TPSA) is 38.0 Å². The Morgan fingerprint density at radius 2 is 2.06 bits per heavy atom. The van der Waals surface area contributed by atoms with Crippen molar-refractivity contribution in [2.45, 2.75) is 19.4 Å². The van der Waals surface area contributed by atoms with Gasteiger partial charge in [0.25, 0.3) is 0 Å². The minimum Gasteiger partial charge on any atom is -0.271 e. The largest absolute Gasteiger partial charge is 0.271 e. The van der Waals surface area contributed by atoms with Gasteiger partial charge >= 0.3 is 0 Å². The molecular weight excluding hydrogens is 287 g/mol. The minimum atomic E-state index is 0.0716. The molecule has 96 valence electrons. The Morgan fingerprint density at radius 1 is 1.28 bits per heavy atom. The first-order chi connectivity index (χ1) is 8.60. The van der Waals surface area contributed by atoms with Gasteiger partial charge in [0.15, 0.2) is 0 Å². The quantitative estimate of drug-likeness (QED) is 0.659. The van der Waals surface area contributed by atoms with Crippen LogP contribution in [0.1, 0.15) is 21.4 Å². The lowest BCUT2D eigenvalue weighted by Gasteiger charge is -2.15. The molecule has 1 atom stereocenters. The molecule has 3 N–H and O–H groups in total. The monoisotopic (exact) mass is 300 g/mol. The molecule has 0 saturated heterocycles. The Labute approximate surface area is 121 Å². The van der Waals surface area contributed by atoms with E-state index in [0.29, 0.717) is 10.0 Å². The Kier molecular flexibility index (Phi) is 4.65. The van der Waals surface area contributed by atoms with Crippen LogP contribution in [0.3, 0.4) is 0 Å². The van der Waals surface area contributed by atoms with Crippen molar-refractivity contribution < 1.29 is 0 Å². The second-order valence-electron chi connectivity index (χ2n) is 4.11. The summed E-state index contributed by atoms with van der Waals surface area (Å²) in [6.07, 6.45) is 0.743. The Hall–Kier alpha value is -0.580. The fourth-order valence-corrected chi connectivity index (χ4v) is 3.21. The van der Waals surface area contributed by atoms with Crippen LogP contribution in [0.2, 0.25) is 10.0 Å². The van der Waals surface area contributed by atoms with Crippen molar-refractivity contribution in [1.29, 1.82) is 0 Å². The van der Waals surface area contributed by atoms with Gasteiger partial charge in [-0.25, -0.2) is 0 Å². The van der Waals surface area contributed by atoms with Crippen molar-refractivity contribution >= 4 is 34.5 Å². The average Bonchev–Trinajstić information content (AvgIpc) is 2.75. The predicted molar refractivity (Wildman–Crippen MR) is 79.3 cm³/mol. The van der Waals surface area contributed by atoms with Crippen molar-refractivity contribution in [2.75, 3.05) is 0 Å². The zero-order valence-corrected chi connectivity index (χ0v) is 12.2. The number of benzene rings is 1. The Morgan fingerprint density at radius 3 is 2.61 bits per heavy atom. The molecule has 2 nitrogen and oxygen atoms in total. The zero-order chi connectivity index (χ0) is 13.1. The van der Waals surface area contributed by atoms with Gasteiger partial charge in [-0.05, 0) is 43.2 Å². The summed E-state index contributed by atoms with van der Waals surface area (Å²) < 4.78 is 0. The first-order valence-corrected chi connectivity index (χ1v) is 7.14. The summed E-state index contributed by atoms with van der Waals surface area (Å²) in [7, 11) is 0. The second-order valence-corrected chi connectivity index (χ2v) is 6.27. The molecule has 1 aromatic carbocycles. The summed E-state index contributed by atoms with van der Waals surface area (Å²) in [5.41, 5.74) is 3.88. The van der Waals surface area contributed by atoms with E-state index >= 15 is 0 Å². The fraction of sp³-hybridized carbons (Fsp3) is 0.231. The molecule has 2 rings (SSSR count).